The summed E-state index contributed by atoms with van der Waals surface area (Å²) in [6, 6.07) is 3.70. The smallest absolute Gasteiger partial charge is 0.223 e. The molecule has 1 amide bonds. The molecule has 5 nitrogen and oxygen atoms in total. The summed E-state index contributed by atoms with van der Waals surface area (Å²) >= 11 is 1.30. The SMILES string of the molecule is COc1ccc(CN2CC(CSC(C)=O)CC2=O)cn1. The molecule has 1 aromatic heterocycles. The van der Waals surface area contributed by atoms with Crippen LogP contribution in [0.1, 0.15) is 18.9 Å². The van der Waals surface area contributed by atoms with E-state index in [0.717, 1.165) is 11.3 Å². The Morgan fingerprint density at radius 2 is 2.35 bits per heavy atom. The molecule has 0 aromatic carbocycles. The second-order valence-corrected chi connectivity index (χ2v) is 6.05. The van der Waals surface area contributed by atoms with Gasteiger partial charge in [0.2, 0.25) is 11.8 Å². The van der Waals surface area contributed by atoms with Crippen LogP contribution in [0.25, 0.3) is 0 Å². The van der Waals surface area contributed by atoms with Gasteiger partial charge in [0.15, 0.2) is 5.12 Å². The molecule has 6 heteroatoms. The van der Waals surface area contributed by atoms with Gasteiger partial charge in [0.05, 0.1) is 7.11 Å². The van der Waals surface area contributed by atoms with Crippen LogP contribution in [-0.2, 0) is 16.1 Å². The van der Waals surface area contributed by atoms with Gasteiger partial charge >= 0.3 is 0 Å². The number of aromatic nitrogens is 1. The molecule has 0 N–H and O–H groups in total. The zero-order valence-corrected chi connectivity index (χ0v) is 12.5. The quantitative estimate of drug-likeness (QED) is 0.827. The van der Waals surface area contributed by atoms with Crippen LogP contribution in [0.5, 0.6) is 5.88 Å². The van der Waals surface area contributed by atoms with E-state index >= 15 is 0 Å². The number of ether oxygens (including phenoxy) is 1. The lowest BCUT2D eigenvalue weighted by molar-refractivity contribution is -0.128. The third kappa shape index (κ3) is 3.96. The first kappa shape index (κ1) is 14.8. The van der Waals surface area contributed by atoms with Crippen molar-refractivity contribution in [2.75, 3.05) is 19.4 Å². The molecule has 20 heavy (non-hydrogen) atoms. The molecule has 1 aromatic rings. The number of likely N-dealkylation sites (tertiary alicyclic amines) is 1. The first-order chi connectivity index (χ1) is 9.58. The van der Waals surface area contributed by atoms with Crippen LogP contribution >= 0.6 is 11.8 Å². The Kier molecular flexibility index (Phi) is 5.00. The molecule has 2 heterocycles. The molecule has 1 unspecified atom stereocenters. The summed E-state index contributed by atoms with van der Waals surface area (Å²) in [6.45, 7) is 2.84. The minimum atomic E-state index is 0.107. The van der Waals surface area contributed by atoms with E-state index in [1.807, 2.05) is 11.0 Å². The molecule has 1 aliphatic rings. The highest BCUT2D eigenvalue weighted by atomic mass is 32.2. The highest BCUT2D eigenvalue weighted by molar-refractivity contribution is 8.13. The highest BCUT2D eigenvalue weighted by Crippen LogP contribution is 2.24. The van der Waals surface area contributed by atoms with Gasteiger partial charge in [-0.25, -0.2) is 4.98 Å². The molecule has 0 spiro atoms. The minimum absolute atomic E-state index is 0.107. The largest absolute Gasteiger partial charge is 0.481 e. The highest BCUT2D eigenvalue weighted by Gasteiger charge is 2.29. The van der Waals surface area contributed by atoms with Gasteiger partial charge in [-0.15, -0.1) is 0 Å². The third-order valence-corrected chi connectivity index (χ3v) is 4.24. The maximum absolute atomic E-state index is 11.9. The molecule has 1 atom stereocenters. The number of hydrogen-bond acceptors (Lipinski definition) is 5. The maximum Gasteiger partial charge on any atom is 0.223 e. The Morgan fingerprint density at radius 1 is 1.55 bits per heavy atom. The first-order valence-electron chi connectivity index (χ1n) is 6.48. The van der Waals surface area contributed by atoms with Gasteiger partial charge < -0.3 is 9.64 Å². The molecule has 1 fully saturated rings. The molecule has 1 aliphatic heterocycles. The Labute approximate surface area is 122 Å². The van der Waals surface area contributed by atoms with Gasteiger partial charge in [0, 0.05) is 44.5 Å². The zero-order chi connectivity index (χ0) is 14.5. The van der Waals surface area contributed by atoms with Gasteiger partial charge in [-0.2, -0.15) is 0 Å². The number of thioether (sulfide) groups is 1. The molecule has 0 saturated carbocycles. The predicted octanol–water partition coefficient (Wildman–Crippen LogP) is 1.72. The van der Waals surface area contributed by atoms with E-state index in [2.05, 4.69) is 4.98 Å². The number of nitrogens with zero attached hydrogens (tertiary/aromatic N) is 2. The minimum Gasteiger partial charge on any atom is -0.481 e. The lowest BCUT2D eigenvalue weighted by Gasteiger charge is -2.16. The van der Waals surface area contributed by atoms with Crippen molar-refractivity contribution in [3.8, 4) is 5.88 Å². The molecular weight excluding hydrogens is 276 g/mol. The van der Waals surface area contributed by atoms with Crippen molar-refractivity contribution in [2.24, 2.45) is 5.92 Å². The van der Waals surface area contributed by atoms with E-state index in [1.165, 1.54) is 11.8 Å². The third-order valence-electron chi connectivity index (χ3n) is 3.20. The Balaban J connectivity index is 1.89. The Morgan fingerprint density at radius 3 is 2.95 bits per heavy atom. The molecule has 0 radical (unpaired) electrons. The van der Waals surface area contributed by atoms with Gasteiger partial charge in [0.25, 0.3) is 0 Å². The van der Waals surface area contributed by atoms with E-state index in [1.54, 1.807) is 26.3 Å². The zero-order valence-electron chi connectivity index (χ0n) is 11.7. The molecule has 0 aliphatic carbocycles. The number of rotatable bonds is 5. The Hall–Kier alpha value is -1.56. The fraction of sp³-hybridized carbons (Fsp3) is 0.500. The van der Waals surface area contributed by atoms with Crippen molar-refractivity contribution in [1.82, 2.24) is 9.88 Å². The van der Waals surface area contributed by atoms with Crippen LogP contribution in [0.4, 0.5) is 0 Å². The number of amides is 1. The first-order valence-corrected chi connectivity index (χ1v) is 7.47. The van der Waals surface area contributed by atoms with Crippen LogP contribution in [0.3, 0.4) is 0 Å². The van der Waals surface area contributed by atoms with Crippen molar-refractivity contribution >= 4 is 22.8 Å². The van der Waals surface area contributed by atoms with E-state index in [0.29, 0.717) is 25.4 Å². The molecular formula is C14H18N2O3S. The van der Waals surface area contributed by atoms with Crippen LogP contribution < -0.4 is 4.74 Å². The van der Waals surface area contributed by atoms with Gasteiger partial charge in [-0.05, 0) is 11.5 Å². The lowest BCUT2D eigenvalue weighted by Crippen LogP contribution is -2.24. The fourth-order valence-corrected chi connectivity index (χ4v) is 2.89. The summed E-state index contributed by atoms with van der Waals surface area (Å²) in [5.41, 5.74) is 0.985. The molecule has 108 valence electrons. The summed E-state index contributed by atoms with van der Waals surface area (Å²) in [5, 5.41) is 0.107. The summed E-state index contributed by atoms with van der Waals surface area (Å²) in [4.78, 5) is 28.9. The van der Waals surface area contributed by atoms with Gasteiger partial charge in [0.1, 0.15) is 0 Å². The summed E-state index contributed by atoms with van der Waals surface area (Å²) in [7, 11) is 1.57. The fourth-order valence-electron chi connectivity index (χ4n) is 2.20. The predicted molar refractivity (Wildman–Crippen MR) is 77.5 cm³/mol. The summed E-state index contributed by atoms with van der Waals surface area (Å²) in [5.74, 6) is 1.70. The second kappa shape index (κ2) is 6.74. The van der Waals surface area contributed by atoms with Crippen LogP contribution in [0.2, 0.25) is 0 Å². The lowest BCUT2D eigenvalue weighted by atomic mass is 10.1. The topological polar surface area (TPSA) is 59.5 Å². The van der Waals surface area contributed by atoms with Gasteiger partial charge in [-0.1, -0.05) is 17.8 Å². The normalized spacial score (nSPS) is 18.4. The van der Waals surface area contributed by atoms with Crippen molar-refractivity contribution < 1.29 is 14.3 Å². The maximum atomic E-state index is 11.9. The van der Waals surface area contributed by atoms with E-state index in [-0.39, 0.29) is 16.9 Å². The average molecular weight is 294 g/mol. The number of carbonyl (C=O) groups is 2. The average Bonchev–Trinajstić information content (AvgIpc) is 2.78. The number of methoxy groups -OCH3 is 1. The van der Waals surface area contributed by atoms with Crippen molar-refractivity contribution in [1.29, 1.82) is 0 Å². The molecule has 2 rings (SSSR count). The second-order valence-electron chi connectivity index (χ2n) is 4.86. The molecule has 0 bridgehead atoms. The number of hydrogen-bond donors (Lipinski definition) is 0. The number of carbonyl (C=O) groups excluding carboxylic acids is 2. The van der Waals surface area contributed by atoms with Gasteiger partial charge in [-0.3, -0.25) is 9.59 Å². The van der Waals surface area contributed by atoms with Crippen molar-refractivity contribution in [3.05, 3.63) is 23.9 Å². The Bertz CT molecular complexity index is 490. The van der Waals surface area contributed by atoms with E-state index < -0.39 is 0 Å². The van der Waals surface area contributed by atoms with Crippen LogP contribution in [-0.4, -0.2) is 40.3 Å². The number of pyridine rings is 1. The summed E-state index contributed by atoms with van der Waals surface area (Å²) in [6.07, 6.45) is 2.26. The van der Waals surface area contributed by atoms with Crippen molar-refractivity contribution in [3.63, 3.8) is 0 Å². The van der Waals surface area contributed by atoms with Crippen LogP contribution in [0.15, 0.2) is 18.3 Å². The monoisotopic (exact) mass is 294 g/mol. The van der Waals surface area contributed by atoms with E-state index in [4.69, 9.17) is 4.74 Å². The van der Waals surface area contributed by atoms with E-state index in [9.17, 15) is 9.59 Å². The summed E-state index contributed by atoms with van der Waals surface area (Å²) < 4.78 is 5.01. The molecule has 1 saturated heterocycles. The van der Waals surface area contributed by atoms with Crippen LogP contribution in [0, 0.1) is 5.92 Å². The van der Waals surface area contributed by atoms with Crippen molar-refractivity contribution in [2.45, 2.75) is 19.9 Å². The standard InChI is InChI=1S/C14H18N2O3S/c1-10(17)20-9-12-5-14(18)16(8-12)7-11-3-4-13(19-2)15-6-11/h3-4,6,12H,5,7-9H2,1-2H3.